The van der Waals surface area contributed by atoms with Crippen LogP contribution in [0.25, 0.3) is 0 Å². The zero-order chi connectivity index (χ0) is 69.9. The Morgan fingerprint density at radius 2 is 1.10 bits per heavy atom. The molecule has 0 saturated carbocycles. The van der Waals surface area contributed by atoms with Gasteiger partial charge in [-0.1, -0.05) is 85.9 Å². The summed E-state index contributed by atoms with van der Waals surface area (Å²) in [5.41, 5.74) is -2.64. The summed E-state index contributed by atoms with van der Waals surface area (Å²) in [6.07, 6.45) is -8.26. The Labute approximate surface area is 539 Å². The number of unbranched alkanes of at least 4 members (excludes halogenated alkanes) is 1. The fourth-order valence-electron chi connectivity index (χ4n) is 10.6. The van der Waals surface area contributed by atoms with Crippen LogP contribution in [0.4, 0.5) is 22.0 Å². The number of hydrogen-bond donors (Lipinski definition) is 4. The van der Waals surface area contributed by atoms with Gasteiger partial charge in [-0.25, -0.2) is 8.78 Å². The molecule has 1 heterocycles. The van der Waals surface area contributed by atoms with Crippen LogP contribution in [-0.4, -0.2) is 223 Å². The maximum Gasteiger partial charge on any atom is 0.417 e. The minimum Gasteiger partial charge on any atom is -0.351 e. The lowest BCUT2D eigenvalue weighted by Crippen LogP contribution is -2.63. The number of nitrogens with zero attached hydrogens (tertiary/aromatic N) is 7. The third-order valence-corrected chi connectivity index (χ3v) is 16.7. The lowest BCUT2D eigenvalue weighted by atomic mass is 9.95. The van der Waals surface area contributed by atoms with E-state index in [1.54, 1.807) is 34.6 Å². The maximum absolute atomic E-state index is 14.9. The Morgan fingerprint density at radius 3 is 1.62 bits per heavy atom. The van der Waals surface area contributed by atoms with E-state index in [-0.39, 0.29) is 81.1 Å². The molecule has 4 N–H and O–H groups in total. The smallest absolute Gasteiger partial charge is 0.351 e. The SMILES string of the molecule is CC[C@H](C)[C@@H]1NC(=O)[C@H](CC(C)C)N(C)C(=O)C[C@@H](C)NC(=O)[C@H](CC(C)C)N(C)C(=O)C(C)(C)NC(=O)[C@H](CC(C)C)N(C)C(=O)[C@H](CCc2ccc(C(F)(F)F)c(Cl)c2)NC(=O)CN(C)C(=O)[C@H](CCCCC(F)F)N(C)C(=O)CN(C)C(=O)CN(C)C1=O. The lowest BCUT2D eigenvalue weighted by Gasteiger charge is -2.38. The highest BCUT2D eigenvalue weighted by atomic mass is 35.5. The number of aryl methyl sites for hydroxylation is 1. The van der Waals surface area contributed by atoms with E-state index in [0.29, 0.717) is 6.42 Å². The molecule has 0 radical (unpaired) electrons. The van der Waals surface area contributed by atoms with Crippen molar-refractivity contribution in [1.29, 1.82) is 0 Å². The van der Waals surface area contributed by atoms with Gasteiger partial charge in [0, 0.05) is 68.2 Å². The number of rotatable bonds is 16. The topological polar surface area (TPSA) is 259 Å². The fourth-order valence-corrected chi connectivity index (χ4v) is 10.9. The first-order valence-electron chi connectivity index (χ1n) is 31.1. The molecule has 91 heavy (non-hydrogen) atoms. The number of hydrogen-bond acceptors (Lipinski definition) is 11. The highest BCUT2D eigenvalue weighted by Gasteiger charge is 2.43. The van der Waals surface area contributed by atoms with Gasteiger partial charge >= 0.3 is 6.18 Å². The average Bonchev–Trinajstić information content (AvgIpc) is 0.912. The van der Waals surface area contributed by atoms with E-state index in [4.69, 9.17) is 11.6 Å². The van der Waals surface area contributed by atoms with Crippen LogP contribution in [0.3, 0.4) is 0 Å². The van der Waals surface area contributed by atoms with E-state index >= 15 is 0 Å². The van der Waals surface area contributed by atoms with Gasteiger partial charge in [0.1, 0.15) is 41.8 Å². The molecule has 28 heteroatoms. The van der Waals surface area contributed by atoms with Crippen molar-refractivity contribution in [1.82, 2.24) is 55.6 Å². The predicted molar refractivity (Wildman–Crippen MR) is 335 cm³/mol. The molecule has 0 aliphatic carbocycles. The monoisotopic (exact) mass is 1320 g/mol. The van der Waals surface area contributed by atoms with Gasteiger partial charge in [-0.05, 0) is 107 Å². The van der Waals surface area contributed by atoms with E-state index in [2.05, 4.69) is 21.3 Å². The molecular weight excluding hydrogens is 1220 g/mol. The number of alkyl halides is 5. The van der Waals surface area contributed by atoms with Gasteiger partial charge in [-0.2, -0.15) is 13.2 Å². The molecule has 1 fully saturated rings. The average molecular weight is 1320 g/mol. The first-order valence-corrected chi connectivity index (χ1v) is 31.5. The highest BCUT2D eigenvalue weighted by Crippen LogP contribution is 2.35. The van der Waals surface area contributed by atoms with Crippen molar-refractivity contribution in [3.8, 4) is 0 Å². The summed E-state index contributed by atoms with van der Waals surface area (Å²) in [4.78, 5) is 165. The molecule has 1 saturated heterocycles. The second-order valence-corrected chi connectivity index (χ2v) is 26.6. The van der Waals surface area contributed by atoms with E-state index in [1.165, 1.54) is 73.0 Å². The first kappa shape index (κ1) is 80.4. The molecule has 2 rings (SSSR count). The van der Waals surface area contributed by atoms with E-state index in [0.717, 1.165) is 42.7 Å². The summed E-state index contributed by atoms with van der Waals surface area (Å²) in [5.74, 6) is -9.26. The lowest BCUT2D eigenvalue weighted by molar-refractivity contribution is -0.149. The Hall–Kier alpha value is -6.67. The Kier molecular flexibility index (Phi) is 31.8. The van der Waals surface area contributed by atoms with Gasteiger partial charge in [0.05, 0.1) is 30.2 Å². The molecule has 1 aliphatic rings. The normalized spacial score (nSPS) is 23.8. The van der Waals surface area contributed by atoms with Crippen molar-refractivity contribution < 1.29 is 74.7 Å². The van der Waals surface area contributed by atoms with Gasteiger partial charge in [0.25, 0.3) is 0 Å². The van der Waals surface area contributed by atoms with Crippen molar-refractivity contribution in [3.63, 3.8) is 0 Å². The Morgan fingerprint density at radius 1 is 0.593 bits per heavy atom. The Balaban J connectivity index is 2.88. The standard InChI is InChI=1S/C63H101ClF5N11O11/c1-19-39(8)54-60(90)76(14)34-52(83)74(12)35-53(84)77(15)45(22-20-21-23-49(65)66)59(89)75(13)33-50(81)71-44(27-25-41-24-26-42(43(64)32-41)63(67,68)69)58(88)79(17)48(30-38(6)7)57(87)73-62(10,11)61(91)80(18)47(29-37(4)5)55(85)70-40(9)31-51(82)78(16)46(28-36(2)3)56(86)72-54/h24,26,32,36-40,44-49,54H,19-23,25,27-31,33-35H2,1-18H3,(H,70,85)(H,71,81)(H,72,86)(H,73,87)/t39-,40+,44-,45-,46-,47-,48-,54-/m0/s1. The van der Waals surface area contributed by atoms with Crippen molar-refractivity contribution in [3.05, 3.63) is 34.3 Å². The van der Waals surface area contributed by atoms with Gasteiger partial charge in [-0.15, -0.1) is 0 Å². The molecule has 0 bridgehead atoms. The van der Waals surface area contributed by atoms with Crippen LogP contribution < -0.4 is 21.3 Å². The van der Waals surface area contributed by atoms with E-state index in [9.17, 15) is 74.7 Å². The third-order valence-electron chi connectivity index (χ3n) is 16.4. The van der Waals surface area contributed by atoms with Crippen LogP contribution in [-0.2, 0) is 65.3 Å². The predicted octanol–water partition coefficient (Wildman–Crippen LogP) is 5.76. The van der Waals surface area contributed by atoms with Gasteiger partial charge < -0.3 is 55.6 Å². The van der Waals surface area contributed by atoms with Crippen LogP contribution in [0.1, 0.15) is 151 Å². The van der Waals surface area contributed by atoms with Crippen LogP contribution in [0, 0.1) is 23.7 Å². The number of benzene rings is 1. The zero-order valence-electron chi connectivity index (χ0n) is 56.4. The second kappa shape index (κ2) is 36.0. The largest absolute Gasteiger partial charge is 0.417 e. The second-order valence-electron chi connectivity index (χ2n) is 26.2. The summed E-state index contributed by atoms with van der Waals surface area (Å²) >= 11 is 6.06. The number of carbonyl (C=O) groups excluding carboxylic acids is 11. The summed E-state index contributed by atoms with van der Waals surface area (Å²) in [5, 5.41) is 10.4. The van der Waals surface area contributed by atoms with Gasteiger partial charge in [0.2, 0.25) is 71.4 Å². The van der Waals surface area contributed by atoms with Crippen LogP contribution in [0.2, 0.25) is 5.02 Å². The molecule has 8 atom stereocenters. The minimum absolute atomic E-state index is 0.00212. The number of halogens is 6. The number of likely N-dealkylation sites (N-methyl/N-ethyl adjacent to an activating group) is 7. The number of amides is 11. The zero-order valence-corrected chi connectivity index (χ0v) is 57.2. The quantitative estimate of drug-likeness (QED) is 0.114. The third kappa shape index (κ3) is 24.7. The molecule has 22 nitrogen and oxygen atoms in total. The minimum atomic E-state index is -4.79. The Bertz CT molecular complexity index is 2700. The maximum atomic E-state index is 14.9. The van der Waals surface area contributed by atoms with Crippen molar-refractivity contribution in [2.24, 2.45) is 23.7 Å². The van der Waals surface area contributed by atoms with Crippen molar-refractivity contribution in [2.75, 3.05) is 69.0 Å². The van der Waals surface area contributed by atoms with Crippen molar-refractivity contribution >= 4 is 76.6 Å². The van der Waals surface area contributed by atoms with E-state index in [1.807, 2.05) is 27.7 Å². The molecule has 1 aromatic carbocycles. The molecule has 0 spiro atoms. The van der Waals surface area contributed by atoms with Crippen LogP contribution >= 0.6 is 11.6 Å². The molecule has 0 aromatic heterocycles. The summed E-state index contributed by atoms with van der Waals surface area (Å²) in [6.45, 7) is 16.8. The number of carbonyl (C=O) groups is 11. The van der Waals surface area contributed by atoms with Crippen molar-refractivity contribution in [2.45, 2.75) is 207 Å². The fraction of sp³-hybridized carbons (Fsp3) is 0.730. The molecule has 516 valence electrons. The number of nitrogens with one attached hydrogen (secondary N) is 4. The van der Waals surface area contributed by atoms with Gasteiger partial charge in [-0.3, -0.25) is 52.7 Å². The van der Waals surface area contributed by atoms with E-state index < -0.39 is 168 Å². The highest BCUT2D eigenvalue weighted by molar-refractivity contribution is 6.31. The van der Waals surface area contributed by atoms with Gasteiger partial charge in [0.15, 0.2) is 0 Å². The summed E-state index contributed by atoms with van der Waals surface area (Å²) < 4.78 is 67.8. The molecule has 1 aromatic rings. The molecule has 0 unspecified atom stereocenters. The molecule has 1 aliphatic heterocycles. The van der Waals surface area contributed by atoms with Crippen LogP contribution in [0.15, 0.2) is 18.2 Å². The summed E-state index contributed by atoms with van der Waals surface area (Å²) in [7, 11) is 9.21. The summed E-state index contributed by atoms with van der Waals surface area (Å²) in [6, 6.07) is -5.60. The molecule has 11 amide bonds. The first-order chi connectivity index (χ1) is 42.0. The molecular formula is C63H101ClF5N11O11. The van der Waals surface area contributed by atoms with Crippen LogP contribution in [0.5, 0.6) is 0 Å².